The first kappa shape index (κ1) is 17.8. The van der Waals surface area contributed by atoms with E-state index >= 15 is 0 Å². The highest BCUT2D eigenvalue weighted by atomic mass is 32.2. The normalized spacial score (nSPS) is 15.8. The van der Waals surface area contributed by atoms with Gasteiger partial charge in [-0.3, -0.25) is 4.79 Å². The molecule has 6 nitrogen and oxygen atoms in total. The first-order valence-corrected chi connectivity index (χ1v) is 9.53. The second-order valence-electron chi connectivity index (χ2n) is 7.51. The van der Waals surface area contributed by atoms with Gasteiger partial charge in [-0.1, -0.05) is 62.9 Å². The molecule has 25 heavy (non-hydrogen) atoms. The fourth-order valence-electron chi connectivity index (χ4n) is 2.80. The van der Waals surface area contributed by atoms with Crippen LogP contribution in [-0.4, -0.2) is 26.5 Å². The van der Waals surface area contributed by atoms with E-state index in [0.717, 1.165) is 0 Å². The van der Waals surface area contributed by atoms with Gasteiger partial charge in [0, 0.05) is 5.41 Å². The molecule has 1 aromatic heterocycles. The number of nitrogen functional groups attached to an aromatic ring is 1. The van der Waals surface area contributed by atoms with Crippen molar-refractivity contribution in [2.24, 2.45) is 5.92 Å². The first-order chi connectivity index (χ1) is 11.9. The molecular weight excluding hydrogens is 334 g/mol. The van der Waals surface area contributed by atoms with Crippen LogP contribution in [0.4, 0.5) is 0 Å². The highest BCUT2D eigenvalue weighted by Gasteiger charge is 2.33. The Morgan fingerprint density at radius 1 is 1.32 bits per heavy atom. The predicted octanol–water partition coefficient (Wildman–Crippen LogP) is 2.65. The molecule has 7 heteroatoms. The van der Waals surface area contributed by atoms with Gasteiger partial charge in [0.2, 0.25) is 11.1 Å². The fraction of sp³-hybridized carbons (Fsp3) is 0.500. The van der Waals surface area contributed by atoms with Crippen molar-refractivity contribution >= 4 is 17.7 Å². The lowest BCUT2D eigenvalue weighted by Gasteiger charge is -2.19. The van der Waals surface area contributed by atoms with Gasteiger partial charge in [0.15, 0.2) is 5.82 Å². The van der Waals surface area contributed by atoms with Gasteiger partial charge in [-0.05, 0) is 24.3 Å². The SMILES string of the molecule is CC(C)(C)c1nnc(SCC(=O)NC(c2ccccc2)C2CC2)n1N. The van der Waals surface area contributed by atoms with Crippen LogP contribution in [0.5, 0.6) is 0 Å². The number of rotatable bonds is 6. The van der Waals surface area contributed by atoms with E-state index in [1.54, 1.807) is 0 Å². The average Bonchev–Trinajstić information content (AvgIpc) is 3.33. The number of aromatic nitrogens is 3. The molecule has 3 N–H and O–H groups in total. The molecule has 0 spiro atoms. The van der Waals surface area contributed by atoms with Crippen molar-refractivity contribution in [1.29, 1.82) is 0 Å². The predicted molar refractivity (Wildman–Crippen MR) is 99.6 cm³/mol. The molecule has 1 aliphatic rings. The van der Waals surface area contributed by atoms with Gasteiger partial charge in [-0.25, -0.2) is 4.68 Å². The number of carbonyl (C=O) groups excluding carboxylic acids is 1. The van der Waals surface area contributed by atoms with Crippen LogP contribution >= 0.6 is 11.8 Å². The zero-order chi connectivity index (χ0) is 18.0. The molecule has 1 aliphatic carbocycles. The summed E-state index contributed by atoms with van der Waals surface area (Å²) < 4.78 is 1.48. The summed E-state index contributed by atoms with van der Waals surface area (Å²) in [6, 6.07) is 10.2. The van der Waals surface area contributed by atoms with Gasteiger partial charge in [-0.15, -0.1) is 10.2 Å². The quantitative estimate of drug-likeness (QED) is 0.612. The van der Waals surface area contributed by atoms with E-state index in [0.29, 0.717) is 16.9 Å². The molecular formula is C18H25N5OS. The molecule has 0 saturated heterocycles. The van der Waals surface area contributed by atoms with Gasteiger partial charge in [-0.2, -0.15) is 0 Å². The van der Waals surface area contributed by atoms with E-state index in [9.17, 15) is 4.79 Å². The van der Waals surface area contributed by atoms with E-state index in [1.165, 1.54) is 34.8 Å². The molecule has 0 aliphatic heterocycles. The van der Waals surface area contributed by atoms with Gasteiger partial charge in [0.25, 0.3) is 0 Å². The summed E-state index contributed by atoms with van der Waals surface area (Å²) >= 11 is 1.31. The summed E-state index contributed by atoms with van der Waals surface area (Å²) in [5, 5.41) is 12.0. The second-order valence-corrected chi connectivity index (χ2v) is 8.45. The smallest absolute Gasteiger partial charge is 0.230 e. The van der Waals surface area contributed by atoms with Crippen molar-refractivity contribution in [2.45, 2.75) is 50.2 Å². The van der Waals surface area contributed by atoms with Crippen LogP contribution in [0.3, 0.4) is 0 Å². The summed E-state index contributed by atoms with van der Waals surface area (Å²) in [7, 11) is 0. The van der Waals surface area contributed by atoms with Crippen molar-refractivity contribution < 1.29 is 4.79 Å². The lowest BCUT2D eigenvalue weighted by atomic mass is 9.96. The highest BCUT2D eigenvalue weighted by Crippen LogP contribution is 2.41. The Hall–Kier alpha value is -2.02. The second kappa shape index (κ2) is 7.07. The lowest BCUT2D eigenvalue weighted by molar-refractivity contribution is -0.119. The Morgan fingerprint density at radius 2 is 2.00 bits per heavy atom. The number of hydrogen-bond acceptors (Lipinski definition) is 5. The molecule has 1 amide bonds. The molecule has 1 atom stereocenters. The maximum absolute atomic E-state index is 12.4. The number of hydrogen-bond donors (Lipinski definition) is 2. The zero-order valence-electron chi connectivity index (χ0n) is 14.9. The minimum absolute atomic E-state index is 0.00828. The Kier molecular flexibility index (Phi) is 5.03. The topological polar surface area (TPSA) is 85.8 Å². The number of thioether (sulfide) groups is 1. The summed E-state index contributed by atoms with van der Waals surface area (Å²) in [6.45, 7) is 6.09. The molecule has 3 rings (SSSR count). The molecule has 2 aromatic rings. The van der Waals surface area contributed by atoms with Crippen molar-refractivity contribution in [2.75, 3.05) is 11.6 Å². The van der Waals surface area contributed by atoms with Crippen LogP contribution in [0.25, 0.3) is 0 Å². The molecule has 134 valence electrons. The Labute approximate surface area is 152 Å². The van der Waals surface area contributed by atoms with E-state index in [-0.39, 0.29) is 23.1 Å². The van der Waals surface area contributed by atoms with E-state index < -0.39 is 0 Å². The van der Waals surface area contributed by atoms with Crippen molar-refractivity contribution in [3.63, 3.8) is 0 Å². The van der Waals surface area contributed by atoms with Crippen LogP contribution in [0.1, 0.15) is 51.0 Å². The minimum atomic E-state index is -0.187. The van der Waals surface area contributed by atoms with E-state index in [4.69, 9.17) is 5.84 Å². The third kappa shape index (κ3) is 4.34. The third-order valence-corrected chi connectivity index (χ3v) is 5.18. The zero-order valence-corrected chi connectivity index (χ0v) is 15.7. The first-order valence-electron chi connectivity index (χ1n) is 8.54. The third-order valence-electron chi connectivity index (χ3n) is 4.24. The number of nitrogens with one attached hydrogen (secondary N) is 1. The molecule has 1 unspecified atom stereocenters. The fourth-order valence-corrected chi connectivity index (χ4v) is 3.46. The van der Waals surface area contributed by atoms with Crippen LogP contribution in [0.15, 0.2) is 35.5 Å². The van der Waals surface area contributed by atoms with Crippen LogP contribution in [0, 0.1) is 5.92 Å². The maximum atomic E-state index is 12.4. The highest BCUT2D eigenvalue weighted by molar-refractivity contribution is 7.99. The summed E-state index contributed by atoms with van der Waals surface area (Å²) in [5.74, 6) is 7.58. The van der Waals surface area contributed by atoms with E-state index in [2.05, 4.69) is 27.6 Å². The average molecular weight is 359 g/mol. The Bertz CT molecular complexity index is 734. The maximum Gasteiger partial charge on any atom is 0.230 e. The molecule has 1 heterocycles. The monoisotopic (exact) mass is 359 g/mol. The number of amides is 1. The van der Waals surface area contributed by atoms with Crippen LogP contribution in [0.2, 0.25) is 0 Å². The van der Waals surface area contributed by atoms with Crippen molar-refractivity contribution in [3.8, 4) is 0 Å². The molecule has 1 saturated carbocycles. The van der Waals surface area contributed by atoms with Crippen LogP contribution in [-0.2, 0) is 10.2 Å². The van der Waals surface area contributed by atoms with Gasteiger partial charge < -0.3 is 11.2 Å². The number of nitrogens with two attached hydrogens (primary N) is 1. The molecule has 1 fully saturated rings. The standard InChI is InChI=1S/C18H25N5OS/c1-18(2,3)16-21-22-17(23(16)19)25-11-14(24)20-15(13-9-10-13)12-7-5-4-6-8-12/h4-8,13,15H,9-11,19H2,1-3H3,(H,20,24). The Morgan fingerprint density at radius 3 is 2.56 bits per heavy atom. The molecule has 0 radical (unpaired) electrons. The van der Waals surface area contributed by atoms with Crippen LogP contribution < -0.4 is 11.2 Å². The van der Waals surface area contributed by atoms with Crippen molar-refractivity contribution in [3.05, 3.63) is 41.7 Å². The van der Waals surface area contributed by atoms with Gasteiger partial charge in [0.05, 0.1) is 11.8 Å². The number of benzene rings is 1. The molecule has 1 aromatic carbocycles. The molecule has 0 bridgehead atoms. The summed E-state index contributed by atoms with van der Waals surface area (Å²) in [5.41, 5.74) is 0.980. The minimum Gasteiger partial charge on any atom is -0.348 e. The number of nitrogens with zero attached hydrogens (tertiary/aromatic N) is 3. The summed E-state index contributed by atoms with van der Waals surface area (Å²) in [6.07, 6.45) is 2.33. The van der Waals surface area contributed by atoms with Crippen molar-refractivity contribution in [1.82, 2.24) is 20.2 Å². The van der Waals surface area contributed by atoms with Gasteiger partial charge in [0.1, 0.15) is 0 Å². The summed E-state index contributed by atoms with van der Waals surface area (Å²) in [4.78, 5) is 12.4. The lowest BCUT2D eigenvalue weighted by Crippen LogP contribution is -2.31. The van der Waals surface area contributed by atoms with Gasteiger partial charge >= 0.3 is 0 Å². The van der Waals surface area contributed by atoms with E-state index in [1.807, 2.05) is 39.0 Å². The largest absolute Gasteiger partial charge is 0.348 e. The Balaban J connectivity index is 1.60. The number of carbonyl (C=O) groups is 1.